The third-order valence-corrected chi connectivity index (χ3v) is 4.23. The van der Waals surface area contributed by atoms with Gasteiger partial charge in [0.05, 0.1) is 12.3 Å². The number of carbonyl (C=O) groups excluding carboxylic acids is 1. The molecule has 3 aromatic carbocycles. The first-order valence-electron chi connectivity index (χ1n) is 8.86. The summed E-state index contributed by atoms with van der Waals surface area (Å²) in [6, 6.07) is 14.7. The Labute approximate surface area is 172 Å². The molecule has 0 atom stereocenters. The molecule has 0 aromatic heterocycles. The van der Waals surface area contributed by atoms with Crippen molar-refractivity contribution in [1.82, 2.24) is 0 Å². The number of hydrogen-bond acceptors (Lipinski definition) is 3. The van der Waals surface area contributed by atoms with E-state index < -0.39 is 17.5 Å². The van der Waals surface area contributed by atoms with Gasteiger partial charge in [-0.2, -0.15) is 0 Å². The molecule has 0 bridgehead atoms. The van der Waals surface area contributed by atoms with E-state index in [-0.39, 0.29) is 17.9 Å². The Kier molecular flexibility index (Phi) is 6.67. The summed E-state index contributed by atoms with van der Waals surface area (Å²) in [5.74, 6) is -0.972. The molecule has 0 spiro atoms. The number of nitrogens with one attached hydrogen (secondary N) is 1. The zero-order chi connectivity index (χ0) is 20.8. The second-order valence-corrected chi connectivity index (χ2v) is 6.52. The second kappa shape index (κ2) is 9.39. The third-order valence-electron chi connectivity index (χ3n) is 3.99. The first-order valence-corrected chi connectivity index (χ1v) is 9.24. The SMILES string of the molecule is CCOc1ccc(C(=O)Nc2ccc(F)cc2F)cc1COc1cccc(Cl)c1. The molecule has 0 aliphatic rings. The standard InChI is InChI=1S/C22H18ClF2NO3/c1-2-28-21-9-6-14(22(27)26-20-8-7-17(24)12-19(20)25)10-15(21)13-29-18-5-3-4-16(23)11-18/h3-12H,2,13H2,1H3,(H,26,27). The summed E-state index contributed by atoms with van der Waals surface area (Å²) >= 11 is 5.96. The first-order chi connectivity index (χ1) is 14.0. The fourth-order valence-electron chi connectivity index (χ4n) is 2.63. The molecule has 0 unspecified atom stereocenters. The number of ether oxygens (including phenoxy) is 2. The van der Waals surface area contributed by atoms with Gasteiger partial charge in [0, 0.05) is 22.2 Å². The van der Waals surface area contributed by atoms with Crippen molar-refractivity contribution >= 4 is 23.2 Å². The molecule has 3 rings (SSSR count). The van der Waals surface area contributed by atoms with Crippen LogP contribution in [0.5, 0.6) is 11.5 Å². The van der Waals surface area contributed by atoms with Gasteiger partial charge in [0.15, 0.2) is 0 Å². The minimum atomic E-state index is -0.853. The molecule has 0 aliphatic heterocycles. The smallest absolute Gasteiger partial charge is 0.255 e. The molecule has 0 saturated heterocycles. The van der Waals surface area contributed by atoms with Crippen LogP contribution in [-0.4, -0.2) is 12.5 Å². The number of hydrogen-bond donors (Lipinski definition) is 1. The summed E-state index contributed by atoms with van der Waals surface area (Å²) in [7, 11) is 0. The van der Waals surface area contributed by atoms with Crippen molar-refractivity contribution in [3.8, 4) is 11.5 Å². The van der Waals surface area contributed by atoms with E-state index in [1.54, 1.807) is 42.5 Å². The van der Waals surface area contributed by atoms with E-state index in [1.807, 2.05) is 6.92 Å². The van der Waals surface area contributed by atoms with E-state index in [0.717, 1.165) is 6.07 Å². The zero-order valence-electron chi connectivity index (χ0n) is 15.5. The summed E-state index contributed by atoms with van der Waals surface area (Å²) < 4.78 is 38.2. The molecule has 0 aliphatic carbocycles. The summed E-state index contributed by atoms with van der Waals surface area (Å²) in [5, 5.41) is 2.98. The lowest BCUT2D eigenvalue weighted by atomic mass is 10.1. The number of rotatable bonds is 7. The predicted molar refractivity (Wildman–Crippen MR) is 108 cm³/mol. The number of benzene rings is 3. The highest BCUT2D eigenvalue weighted by Crippen LogP contribution is 2.25. The highest BCUT2D eigenvalue weighted by Gasteiger charge is 2.14. The minimum Gasteiger partial charge on any atom is -0.493 e. The van der Waals surface area contributed by atoms with Gasteiger partial charge < -0.3 is 14.8 Å². The largest absolute Gasteiger partial charge is 0.493 e. The van der Waals surface area contributed by atoms with Crippen LogP contribution in [-0.2, 0) is 6.61 Å². The molecule has 1 N–H and O–H groups in total. The quantitative estimate of drug-likeness (QED) is 0.524. The Bertz CT molecular complexity index is 1030. The summed E-state index contributed by atoms with van der Waals surface area (Å²) in [5.41, 5.74) is 0.808. The van der Waals surface area contributed by atoms with Gasteiger partial charge in [-0.05, 0) is 55.5 Å². The van der Waals surface area contributed by atoms with Crippen molar-refractivity contribution in [2.45, 2.75) is 13.5 Å². The van der Waals surface area contributed by atoms with Crippen LogP contribution in [0.15, 0.2) is 60.7 Å². The predicted octanol–water partition coefficient (Wildman–Crippen LogP) is 5.85. The maximum atomic E-state index is 13.8. The summed E-state index contributed by atoms with van der Waals surface area (Å²) in [6.45, 7) is 2.43. The lowest BCUT2D eigenvalue weighted by Gasteiger charge is -2.14. The molecule has 0 fully saturated rings. The van der Waals surface area contributed by atoms with Crippen LogP contribution in [0.1, 0.15) is 22.8 Å². The molecule has 4 nitrogen and oxygen atoms in total. The van der Waals surface area contributed by atoms with Crippen LogP contribution in [0, 0.1) is 11.6 Å². The molecule has 29 heavy (non-hydrogen) atoms. The molecule has 0 radical (unpaired) electrons. The van der Waals surface area contributed by atoms with Crippen LogP contribution in [0.3, 0.4) is 0 Å². The molecule has 1 amide bonds. The van der Waals surface area contributed by atoms with Crippen LogP contribution in [0.25, 0.3) is 0 Å². The lowest BCUT2D eigenvalue weighted by Crippen LogP contribution is -2.14. The lowest BCUT2D eigenvalue weighted by molar-refractivity contribution is 0.102. The van der Waals surface area contributed by atoms with E-state index in [0.29, 0.717) is 34.8 Å². The summed E-state index contributed by atoms with van der Waals surface area (Å²) in [6.07, 6.45) is 0. The van der Waals surface area contributed by atoms with E-state index in [4.69, 9.17) is 21.1 Å². The molecular weight excluding hydrogens is 400 g/mol. The van der Waals surface area contributed by atoms with Gasteiger partial charge in [0.2, 0.25) is 0 Å². The number of carbonyl (C=O) groups is 1. The fraction of sp³-hybridized carbons (Fsp3) is 0.136. The third kappa shape index (κ3) is 5.45. The van der Waals surface area contributed by atoms with Crippen LogP contribution in [0.2, 0.25) is 5.02 Å². The first kappa shape index (κ1) is 20.6. The van der Waals surface area contributed by atoms with Gasteiger partial charge in [-0.1, -0.05) is 17.7 Å². The maximum absolute atomic E-state index is 13.8. The van der Waals surface area contributed by atoms with Crippen molar-refractivity contribution in [1.29, 1.82) is 0 Å². The fourth-order valence-corrected chi connectivity index (χ4v) is 2.81. The van der Waals surface area contributed by atoms with E-state index in [1.165, 1.54) is 6.07 Å². The molecular formula is C22H18ClF2NO3. The normalized spacial score (nSPS) is 10.5. The molecule has 150 valence electrons. The topological polar surface area (TPSA) is 47.6 Å². The minimum absolute atomic E-state index is 0.109. The maximum Gasteiger partial charge on any atom is 0.255 e. The van der Waals surface area contributed by atoms with Gasteiger partial charge in [-0.25, -0.2) is 8.78 Å². The van der Waals surface area contributed by atoms with Crippen molar-refractivity contribution in [3.05, 3.63) is 88.4 Å². The Balaban J connectivity index is 1.80. The van der Waals surface area contributed by atoms with Crippen LogP contribution < -0.4 is 14.8 Å². The van der Waals surface area contributed by atoms with E-state index >= 15 is 0 Å². The van der Waals surface area contributed by atoms with Gasteiger partial charge in [0.1, 0.15) is 29.7 Å². The number of anilines is 1. The summed E-state index contributed by atoms with van der Waals surface area (Å²) in [4.78, 5) is 12.5. The average molecular weight is 418 g/mol. The Morgan fingerprint density at radius 3 is 2.59 bits per heavy atom. The van der Waals surface area contributed by atoms with Crippen molar-refractivity contribution in [2.24, 2.45) is 0 Å². The average Bonchev–Trinajstić information content (AvgIpc) is 2.69. The number of halogens is 3. The highest BCUT2D eigenvalue weighted by atomic mass is 35.5. The number of amides is 1. The van der Waals surface area contributed by atoms with Crippen LogP contribution in [0.4, 0.5) is 14.5 Å². The molecule has 0 heterocycles. The van der Waals surface area contributed by atoms with Crippen LogP contribution >= 0.6 is 11.6 Å². The van der Waals surface area contributed by atoms with E-state index in [9.17, 15) is 13.6 Å². The Morgan fingerprint density at radius 1 is 1.03 bits per heavy atom. The molecule has 0 saturated carbocycles. The van der Waals surface area contributed by atoms with Crippen molar-refractivity contribution in [3.63, 3.8) is 0 Å². The van der Waals surface area contributed by atoms with Crippen molar-refractivity contribution < 1.29 is 23.0 Å². The Hall–Kier alpha value is -3.12. The second-order valence-electron chi connectivity index (χ2n) is 6.08. The van der Waals surface area contributed by atoms with Gasteiger partial charge in [0.25, 0.3) is 5.91 Å². The van der Waals surface area contributed by atoms with E-state index in [2.05, 4.69) is 5.32 Å². The van der Waals surface area contributed by atoms with Gasteiger partial charge in [-0.15, -0.1) is 0 Å². The van der Waals surface area contributed by atoms with Gasteiger partial charge >= 0.3 is 0 Å². The van der Waals surface area contributed by atoms with Crippen molar-refractivity contribution in [2.75, 3.05) is 11.9 Å². The molecule has 3 aromatic rings. The highest BCUT2D eigenvalue weighted by molar-refractivity contribution is 6.30. The Morgan fingerprint density at radius 2 is 1.86 bits per heavy atom. The molecule has 7 heteroatoms. The monoisotopic (exact) mass is 417 g/mol. The van der Waals surface area contributed by atoms with Gasteiger partial charge in [-0.3, -0.25) is 4.79 Å². The zero-order valence-corrected chi connectivity index (χ0v) is 16.3.